The third kappa shape index (κ3) is 2.47. The van der Waals surface area contributed by atoms with E-state index in [4.69, 9.17) is 9.97 Å². The lowest BCUT2D eigenvalue weighted by atomic mass is 9.94. The van der Waals surface area contributed by atoms with Crippen molar-refractivity contribution in [1.82, 2.24) is 15.0 Å². The zero-order valence-electron chi connectivity index (χ0n) is 15.5. The maximum atomic E-state index is 5.09. The van der Waals surface area contributed by atoms with Gasteiger partial charge in [-0.2, -0.15) is 0 Å². The van der Waals surface area contributed by atoms with Gasteiger partial charge in [-0.15, -0.1) is 0 Å². The van der Waals surface area contributed by atoms with Crippen molar-refractivity contribution in [3.63, 3.8) is 0 Å². The zero-order chi connectivity index (χ0) is 17.2. The molecule has 4 heterocycles. The van der Waals surface area contributed by atoms with E-state index in [1.165, 1.54) is 57.9 Å². The molecular formula is C21H27N5. The number of nitrogens with zero attached hydrogens (tertiary/aromatic N) is 5. The van der Waals surface area contributed by atoms with Gasteiger partial charge in [-0.25, -0.2) is 15.0 Å². The fourth-order valence-electron chi connectivity index (χ4n) is 5.25. The fraction of sp³-hybridized carbons (Fsp3) is 0.667. The van der Waals surface area contributed by atoms with Crippen LogP contribution in [0, 0.1) is 10.8 Å². The molecule has 2 saturated heterocycles. The average Bonchev–Trinajstić information content (AvgIpc) is 3.61. The lowest BCUT2D eigenvalue weighted by molar-refractivity contribution is 0.386. The van der Waals surface area contributed by atoms with E-state index in [9.17, 15) is 0 Å². The van der Waals surface area contributed by atoms with Gasteiger partial charge < -0.3 is 9.80 Å². The van der Waals surface area contributed by atoms with Crippen LogP contribution in [-0.4, -0.2) is 41.1 Å². The lowest BCUT2D eigenvalue weighted by Gasteiger charge is -2.39. The molecule has 2 aromatic rings. The Morgan fingerprint density at radius 1 is 0.769 bits per heavy atom. The van der Waals surface area contributed by atoms with Crippen molar-refractivity contribution < 1.29 is 0 Å². The largest absolute Gasteiger partial charge is 0.353 e. The van der Waals surface area contributed by atoms with Crippen molar-refractivity contribution in [1.29, 1.82) is 0 Å². The van der Waals surface area contributed by atoms with Gasteiger partial charge in [-0.3, -0.25) is 0 Å². The zero-order valence-corrected chi connectivity index (χ0v) is 15.5. The molecule has 2 aromatic heterocycles. The van der Waals surface area contributed by atoms with Crippen LogP contribution in [0.1, 0.15) is 51.4 Å². The molecule has 0 aromatic carbocycles. The summed E-state index contributed by atoms with van der Waals surface area (Å²) in [5.41, 5.74) is 2.89. The van der Waals surface area contributed by atoms with Crippen molar-refractivity contribution in [3.8, 4) is 0 Å². The Morgan fingerprint density at radius 3 is 2.00 bits per heavy atom. The average molecular weight is 349 g/mol. The van der Waals surface area contributed by atoms with Crippen LogP contribution in [0.15, 0.2) is 18.3 Å². The second kappa shape index (κ2) is 5.30. The number of piperidine rings is 2. The minimum atomic E-state index is 0.579. The minimum Gasteiger partial charge on any atom is -0.353 e. The molecule has 2 aliphatic carbocycles. The van der Waals surface area contributed by atoms with Crippen molar-refractivity contribution >= 4 is 22.8 Å². The lowest BCUT2D eigenvalue weighted by Crippen LogP contribution is -2.41. The number of hydrogen-bond acceptors (Lipinski definition) is 5. The molecule has 2 aliphatic heterocycles. The van der Waals surface area contributed by atoms with E-state index in [-0.39, 0.29) is 0 Å². The maximum absolute atomic E-state index is 5.09. The predicted molar refractivity (Wildman–Crippen MR) is 104 cm³/mol. The Bertz CT molecular complexity index is 784. The number of anilines is 2. The molecule has 0 bridgehead atoms. The molecule has 0 unspecified atom stereocenters. The number of hydrogen-bond donors (Lipinski definition) is 0. The van der Waals surface area contributed by atoms with Gasteiger partial charge in [0.05, 0.1) is 0 Å². The van der Waals surface area contributed by atoms with Gasteiger partial charge in [-0.05, 0) is 74.3 Å². The molecule has 26 heavy (non-hydrogen) atoms. The van der Waals surface area contributed by atoms with E-state index < -0.39 is 0 Å². The molecule has 2 saturated carbocycles. The van der Waals surface area contributed by atoms with Crippen LogP contribution in [0.25, 0.3) is 11.2 Å². The first-order chi connectivity index (χ1) is 12.7. The Labute approximate surface area is 154 Å². The second-order valence-electron chi connectivity index (χ2n) is 9.27. The van der Waals surface area contributed by atoms with E-state index in [1.54, 1.807) is 0 Å². The van der Waals surface area contributed by atoms with E-state index in [0.717, 1.165) is 42.4 Å². The van der Waals surface area contributed by atoms with Gasteiger partial charge in [0.1, 0.15) is 5.52 Å². The normalized spacial score (nSPS) is 25.8. The molecule has 136 valence electrons. The molecule has 0 N–H and O–H groups in total. The first kappa shape index (κ1) is 15.2. The van der Waals surface area contributed by atoms with Gasteiger partial charge in [0.15, 0.2) is 17.3 Å². The maximum Gasteiger partial charge on any atom is 0.180 e. The first-order valence-electron chi connectivity index (χ1n) is 10.4. The number of rotatable bonds is 2. The van der Waals surface area contributed by atoms with Crippen molar-refractivity contribution in [2.45, 2.75) is 51.4 Å². The van der Waals surface area contributed by atoms with E-state index in [2.05, 4.69) is 20.9 Å². The molecule has 4 aliphatic rings. The summed E-state index contributed by atoms with van der Waals surface area (Å²) in [5.74, 6) is 2.22. The van der Waals surface area contributed by atoms with Gasteiger partial charge in [0.2, 0.25) is 0 Å². The third-order valence-corrected chi connectivity index (χ3v) is 7.24. The Morgan fingerprint density at radius 2 is 1.38 bits per heavy atom. The number of pyridine rings is 1. The van der Waals surface area contributed by atoms with Crippen LogP contribution in [0.4, 0.5) is 11.6 Å². The standard InChI is InChI=1S/C21H27N5/c1-4-16-17(22-11-1)24-19(26-13-3-6-21(15-26)9-10-21)18(23-16)25-12-2-5-20(14-25)7-8-20/h1,4,11H,2-3,5-10,12-15H2. The van der Waals surface area contributed by atoms with Crippen LogP contribution < -0.4 is 9.80 Å². The van der Waals surface area contributed by atoms with Crippen LogP contribution in [0.3, 0.4) is 0 Å². The molecular weight excluding hydrogens is 322 g/mol. The highest BCUT2D eigenvalue weighted by Gasteiger charge is 2.48. The summed E-state index contributed by atoms with van der Waals surface area (Å²) in [6, 6.07) is 4.02. The molecule has 5 heteroatoms. The summed E-state index contributed by atoms with van der Waals surface area (Å²) in [6.45, 7) is 4.56. The number of fused-ring (bicyclic) bond motifs is 1. The quantitative estimate of drug-likeness (QED) is 0.825. The molecule has 6 rings (SSSR count). The van der Waals surface area contributed by atoms with Crippen LogP contribution in [0.2, 0.25) is 0 Å². The molecule has 5 nitrogen and oxygen atoms in total. The predicted octanol–water partition coefficient (Wildman–Crippen LogP) is 3.79. The number of aromatic nitrogens is 3. The summed E-state index contributed by atoms with van der Waals surface area (Å²) in [7, 11) is 0. The van der Waals surface area contributed by atoms with E-state index in [1.807, 2.05) is 12.3 Å². The molecule has 4 fully saturated rings. The highest BCUT2D eigenvalue weighted by atomic mass is 15.3. The first-order valence-corrected chi connectivity index (χ1v) is 10.4. The monoisotopic (exact) mass is 349 g/mol. The van der Waals surface area contributed by atoms with Gasteiger partial charge in [0.25, 0.3) is 0 Å². The Kier molecular flexibility index (Phi) is 3.10. The summed E-state index contributed by atoms with van der Waals surface area (Å²) in [5, 5.41) is 0. The summed E-state index contributed by atoms with van der Waals surface area (Å²) < 4.78 is 0. The highest BCUT2D eigenvalue weighted by Crippen LogP contribution is 2.54. The van der Waals surface area contributed by atoms with Crippen molar-refractivity contribution in [3.05, 3.63) is 18.3 Å². The van der Waals surface area contributed by atoms with Crippen LogP contribution in [0.5, 0.6) is 0 Å². The fourth-order valence-corrected chi connectivity index (χ4v) is 5.25. The Balaban J connectivity index is 1.43. The van der Waals surface area contributed by atoms with Gasteiger partial charge in [-0.1, -0.05) is 0 Å². The third-order valence-electron chi connectivity index (χ3n) is 7.24. The summed E-state index contributed by atoms with van der Waals surface area (Å²) >= 11 is 0. The van der Waals surface area contributed by atoms with Crippen molar-refractivity contribution in [2.24, 2.45) is 10.8 Å². The topological polar surface area (TPSA) is 45.2 Å². The SMILES string of the molecule is c1cnc2nc(N3CCCC4(CC4)C3)c(N3CCCC4(CC4)C3)nc2c1. The highest BCUT2D eigenvalue weighted by molar-refractivity contribution is 5.78. The van der Waals surface area contributed by atoms with Crippen LogP contribution >= 0.6 is 0 Å². The van der Waals surface area contributed by atoms with E-state index >= 15 is 0 Å². The van der Waals surface area contributed by atoms with E-state index in [0.29, 0.717) is 10.8 Å². The molecule has 0 atom stereocenters. The molecule has 0 radical (unpaired) electrons. The molecule has 2 spiro atoms. The van der Waals surface area contributed by atoms with Crippen molar-refractivity contribution in [2.75, 3.05) is 36.0 Å². The molecule has 0 amide bonds. The second-order valence-corrected chi connectivity index (χ2v) is 9.27. The van der Waals surface area contributed by atoms with Gasteiger partial charge in [0, 0.05) is 32.4 Å². The minimum absolute atomic E-state index is 0.579. The summed E-state index contributed by atoms with van der Waals surface area (Å²) in [4.78, 5) is 19.7. The van der Waals surface area contributed by atoms with Crippen LogP contribution in [-0.2, 0) is 0 Å². The smallest absolute Gasteiger partial charge is 0.180 e. The van der Waals surface area contributed by atoms with Gasteiger partial charge >= 0.3 is 0 Å². The Hall–Kier alpha value is -1.91. The summed E-state index contributed by atoms with van der Waals surface area (Å²) in [6.07, 6.45) is 12.8.